The number of anilines is 3. The van der Waals surface area contributed by atoms with Crippen molar-refractivity contribution in [1.29, 1.82) is 5.26 Å². The summed E-state index contributed by atoms with van der Waals surface area (Å²) >= 11 is 0. The third kappa shape index (κ3) is 4.37. The number of pyridine rings is 1. The molecule has 140 valence electrons. The van der Waals surface area contributed by atoms with Gasteiger partial charge in [-0.2, -0.15) is 5.26 Å². The average Bonchev–Trinajstić information content (AvgIpc) is 2.74. The van der Waals surface area contributed by atoms with Crippen molar-refractivity contribution in [3.05, 3.63) is 72.1 Å². The maximum absolute atomic E-state index is 12.5. The van der Waals surface area contributed by atoms with Crippen LogP contribution in [0.5, 0.6) is 11.5 Å². The van der Waals surface area contributed by atoms with Gasteiger partial charge in [-0.05, 0) is 42.5 Å². The molecule has 28 heavy (non-hydrogen) atoms. The second kappa shape index (κ2) is 8.56. The molecule has 0 spiro atoms. The molecule has 3 aromatic rings. The lowest BCUT2D eigenvalue weighted by atomic mass is 10.2. The van der Waals surface area contributed by atoms with E-state index in [4.69, 9.17) is 14.7 Å². The van der Waals surface area contributed by atoms with Crippen LogP contribution in [0.3, 0.4) is 0 Å². The number of amides is 1. The smallest absolute Gasteiger partial charge is 0.257 e. The maximum Gasteiger partial charge on any atom is 0.257 e. The van der Waals surface area contributed by atoms with Crippen molar-refractivity contribution in [3.8, 4) is 17.6 Å². The van der Waals surface area contributed by atoms with E-state index >= 15 is 0 Å². The lowest BCUT2D eigenvalue weighted by Crippen LogP contribution is -2.12. The van der Waals surface area contributed by atoms with E-state index in [0.717, 1.165) is 5.69 Å². The lowest BCUT2D eigenvalue weighted by molar-refractivity contribution is 0.102. The number of ether oxygens (including phenoxy) is 2. The van der Waals surface area contributed by atoms with Gasteiger partial charge in [0.1, 0.15) is 0 Å². The van der Waals surface area contributed by atoms with Crippen LogP contribution in [-0.4, -0.2) is 25.1 Å². The molecule has 0 aliphatic rings. The summed E-state index contributed by atoms with van der Waals surface area (Å²) in [4.78, 5) is 16.6. The zero-order valence-electron chi connectivity index (χ0n) is 15.4. The Hall–Kier alpha value is -4.05. The Labute approximate surface area is 162 Å². The minimum atomic E-state index is -0.298. The average molecular weight is 374 g/mol. The molecule has 0 aliphatic carbocycles. The van der Waals surface area contributed by atoms with Gasteiger partial charge in [0, 0.05) is 23.6 Å². The molecular weight excluding hydrogens is 356 g/mol. The Morgan fingerprint density at radius 3 is 2.32 bits per heavy atom. The zero-order chi connectivity index (χ0) is 19.9. The highest BCUT2D eigenvalue weighted by Gasteiger charge is 2.09. The number of nitrogens with one attached hydrogen (secondary N) is 2. The molecule has 0 saturated heterocycles. The number of hydrogen-bond donors (Lipinski definition) is 2. The van der Waals surface area contributed by atoms with Crippen molar-refractivity contribution in [1.82, 2.24) is 4.98 Å². The van der Waals surface area contributed by atoms with Crippen LogP contribution in [0.1, 0.15) is 15.9 Å². The van der Waals surface area contributed by atoms with Gasteiger partial charge in [-0.3, -0.25) is 9.78 Å². The van der Waals surface area contributed by atoms with Gasteiger partial charge in [0.25, 0.3) is 5.91 Å². The Morgan fingerprint density at radius 1 is 0.929 bits per heavy atom. The maximum atomic E-state index is 12.5. The molecule has 1 aromatic heterocycles. The second-order valence-electron chi connectivity index (χ2n) is 5.80. The van der Waals surface area contributed by atoms with Crippen molar-refractivity contribution in [2.75, 3.05) is 24.9 Å². The summed E-state index contributed by atoms with van der Waals surface area (Å²) < 4.78 is 10.5. The van der Waals surface area contributed by atoms with Crippen LogP contribution in [0.15, 0.2) is 60.9 Å². The second-order valence-corrected chi connectivity index (χ2v) is 5.80. The van der Waals surface area contributed by atoms with Crippen LogP contribution in [0, 0.1) is 11.3 Å². The van der Waals surface area contributed by atoms with Gasteiger partial charge < -0.3 is 20.1 Å². The van der Waals surface area contributed by atoms with E-state index in [9.17, 15) is 4.79 Å². The molecule has 1 amide bonds. The van der Waals surface area contributed by atoms with Crippen molar-refractivity contribution in [2.45, 2.75) is 0 Å². The number of nitriles is 1. The first-order valence-corrected chi connectivity index (χ1v) is 8.38. The minimum Gasteiger partial charge on any atom is -0.493 e. The van der Waals surface area contributed by atoms with E-state index in [0.29, 0.717) is 34.0 Å². The number of aromatic nitrogens is 1. The highest BCUT2D eigenvalue weighted by molar-refractivity contribution is 6.04. The van der Waals surface area contributed by atoms with Crippen LogP contribution >= 0.6 is 0 Å². The number of hydrogen-bond acceptors (Lipinski definition) is 6. The molecule has 0 unspecified atom stereocenters. The van der Waals surface area contributed by atoms with Gasteiger partial charge in [0.15, 0.2) is 11.5 Å². The summed E-state index contributed by atoms with van der Waals surface area (Å²) in [6.45, 7) is 0. The van der Waals surface area contributed by atoms with Gasteiger partial charge in [-0.1, -0.05) is 0 Å². The van der Waals surface area contributed by atoms with Crippen LogP contribution < -0.4 is 20.1 Å². The quantitative estimate of drug-likeness (QED) is 0.678. The van der Waals surface area contributed by atoms with E-state index in [2.05, 4.69) is 15.6 Å². The number of carbonyl (C=O) groups excluding carboxylic acids is 1. The molecule has 0 bridgehead atoms. The summed E-state index contributed by atoms with van der Waals surface area (Å²) in [5.41, 5.74) is 2.95. The normalized spacial score (nSPS) is 9.89. The molecule has 2 N–H and O–H groups in total. The summed E-state index contributed by atoms with van der Waals surface area (Å²) in [7, 11) is 3.14. The fourth-order valence-electron chi connectivity index (χ4n) is 2.54. The molecule has 0 aliphatic heterocycles. The van der Waals surface area contributed by atoms with Gasteiger partial charge >= 0.3 is 0 Å². The van der Waals surface area contributed by atoms with Gasteiger partial charge in [-0.15, -0.1) is 0 Å². The first-order chi connectivity index (χ1) is 13.6. The van der Waals surface area contributed by atoms with Gasteiger partial charge in [-0.25, -0.2) is 0 Å². The molecule has 0 atom stereocenters. The van der Waals surface area contributed by atoms with Crippen molar-refractivity contribution >= 4 is 23.0 Å². The van der Waals surface area contributed by atoms with E-state index in [1.165, 1.54) is 6.20 Å². The lowest BCUT2D eigenvalue weighted by Gasteiger charge is -2.12. The topological polar surface area (TPSA) is 96.3 Å². The fraction of sp³-hybridized carbons (Fsp3) is 0.0952. The third-order valence-corrected chi connectivity index (χ3v) is 3.94. The Kier molecular flexibility index (Phi) is 5.72. The molecule has 0 fully saturated rings. The first-order valence-electron chi connectivity index (χ1n) is 8.38. The highest BCUT2D eigenvalue weighted by atomic mass is 16.5. The molecule has 0 saturated carbocycles. The van der Waals surface area contributed by atoms with Crippen LogP contribution in [0.2, 0.25) is 0 Å². The molecule has 1 heterocycles. The number of carbonyl (C=O) groups is 1. The Balaban J connectivity index is 1.74. The summed E-state index contributed by atoms with van der Waals surface area (Å²) in [5, 5.41) is 14.8. The Morgan fingerprint density at radius 2 is 1.64 bits per heavy atom. The minimum absolute atomic E-state index is 0.298. The number of nitrogens with zero attached hydrogens (tertiary/aromatic N) is 2. The number of methoxy groups -OCH3 is 2. The molecule has 0 radical (unpaired) electrons. The molecule has 2 aromatic carbocycles. The van der Waals surface area contributed by atoms with Crippen LogP contribution in [0.4, 0.5) is 17.1 Å². The van der Waals surface area contributed by atoms with Crippen LogP contribution in [-0.2, 0) is 0 Å². The standard InChI is InChI=1S/C21H18N4O3/c1-27-19-8-7-17(10-20(19)28-2)24-18-9-15(12-23-13-18)21(26)25-16-5-3-14(11-22)4-6-16/h3-10,12-13,24H,1-2H3,(H,25,26). The van der Waals surface area contributed by atoms with E-state index in [1.807, 2.05) is 12.1 Å². The third-order valence-electron chi connectivity index (χ3n) is 3.94. The molecule has 7 nitrogen and oxygen atoms in total. The Bertz CT molecular complexity index is 1030. The molecule has 7 heteroatoms. The van der Waals surface area contributed by atoms with Gasteiger partial charge in [0.2, 0.25) is 0 Å². The summed E-state index contributed by atoms with van der Waals surface area (Å²) in [5.74, 6) is 0.921. The number of benzene rings is 2. The largest absolute Gasteiger partial charge is 0.493 e. The molecular formula is C21H18N4O3. The van der Waals surface area contributed by atoms with E-state index < -0.39 is 0 Å². The fourth-order valence-corrected chi connectivity index (χ4v) is 2.54. The van der Waals surface area contributed by atoms with Gasteiger partial charge in [0.05, 0.1) is 43.3 Å². The summed E-state index contributed by atoms with van der Waals surface area (Å²) in [6.07, 6.45) is 3.11. The summed E-state index contributed by atoms with van der Waals surface area (Å²) in [6, 6.07) is 15.8. The van der Waals surface area contributed by atoms with E-state index in [-0.39, 0.29) is 5.91 Å². The number of rotatable bonds is 6. The molecule has 3 rings (SSSR count). The van der Waals surface area contributed by atoms with Crippen LogP contribution in [0.25, 0.3) is 0 Å². The van der Waals surface area contributed by atoms with E-state index in [1.54, 1.807) is 62.9 Å². The van der Waals surface area contributed by atoms with Crippen molar-refractivity contribution in [3.63, 3.8) is 0 Å². The predicted molar refractivity (Wildman–Crippen MR) is 106 cm³/mol. The van der Waals surface area contributed by atoms with Crippen molar-refractivity contribution in [2.24, 2.45) is 0 Å². The predicted octanol–water partition coefficient (Wildman–Crippen LogP) is 3.97. The monoisotopic (exact) mass is 374 g/mol. The first kappa shape index (κ1) is 18.7. The zero-order valence-corrected chi connectivity index (χ0v) is 15.4. The van der Waals surface area contributed by atoms with Crippen molar-refractivity contribution < 1.29 is 14.3 Å². The highest BCUT2D eigenvalue weighted by Crippen LogP contribution is 2.31. The SMILES string of the molecule is COc1ccc(Nc2cncc(C(=O)Nc3ccc(C#N)cc3)c2)cc1OC.